The van der Waals surface area contributed by atoms with Crippen LogP contribution in [0, 0.1) is 35.8 Å². The number of hydrogen-bond acceptors (Lipinski definition) is 10. The Morgan fingerprint density at radius 3 is 1.76 bits per heavy atom. The zero-order chi connectivity index (χ0) is 33.9. The molecule has 3 aromatic rings. The fourth-order valence-corrected chi connectivity index (χ4v) is 10.3. The summed E-state index contributed by atoms with van der Waals surface area (Å²) in [5.41, 5.74) is 1.47. The van der Waals surface area contributed by atoms with Crippen molar-refractivity contribution in [2.24, 2.45) is 0 Å². The van der Waals surface area contributed by atoms with Gasteiger partial charge in [0.2, 0.25) is 0 Å². The fraction of sp³-hybridized carbons (Fsp3) is 0.200. The lowest BCUT2D eigenvalue weighted by Gasteiger charge is -2.17. The molecule has 0 N–H and O–H groups in total. The third-order valence-corrected chi connectivity index (χ3v) is 11.5. The Labute approximate surface area is 269 Å². The van der Waals surface area contributed by atoms with Crippen molar-refractivity contribution in [1.82, 2.24) is 0 Å². The predicted molar refractivity (Wildman–Crippen MR) is 165 cm³/mol. The number of rotatable bonds is 6. The zero-order valence-corrected chi connectivity index (χ0v) is 27.1. The van der Waals surface area contributed by atoms with Crippen molar-refractivity contribution in [3.05, 3.63) is 90.9 Å². The Kier molecular flexibility index (Phi) is 8.35. The first-order valence-corrected chi connectivity index (χ1v) is 19.2. The van der Waals surface area contributed by atoms with E-state index in [0.717, 1.165) is 18.6 Å². The monoisotopic (exact) mass is 690 g/mol. The van der Waals surface area contributed by atoms with Crippen LogP contribution < -0.4 is 10.4 Å². The standard InChI is InChI=1S/C30H20N4O8S4/c1-33-23(11-31)26-20-9-18-16(6-5-15(13-43(35)36)22(18)14-44(37)38)27(20)29(24(12-32)34-2)28-17-7-8-25(45(3,39)40)30(46(4,41)42)19(17)10-21(26)28/h5-8H,9-10,13-14H2,3-4H3,(H,35,36)(H,37,38)/p-2/b26-23+,29-24+. The van der Waals surface area contributed by atoms with Gasteiger partial charge in [-0.25, -0.2) is 37.0 Å². The van der Waals surface area contributed by atoms with Crippen molar-refractivity contribution in [2.45, 2.75) is 34.1 Å². The Balaban J connectivity index is 2.10. The van der Waals surface area contributed by atoms with Gasteiger partial charge in [-0.2, -0.15) is 0 Å². The molecule has 0 saturated heterocycles. The predicted octanol–water partition coefficient (Wildman–Crippen LogP) is 1.50. The average molecular weight is 691 g/mol. The summed E-state index contributed by atoms with van der Waals surface area (Å²) in [6.07, 6.45) is 1.34. The Hall–Kier alpha value is -4.52. The van der Waals surface area contributed by atoms with E-state index in [1.165, 1.54) is 18.2 Å². The zero-order valence-electron chi connectivity index (χ0n) is 23.8. The molecule has 0 heterocycles. The number of fused-ring (bicyclic) bond motifs is 6. The summed E-state index contributed by atoms with van der Waals surface area (Å²) >= 11 is -5.23. The summed E-state index contributed by atoms with van der Waals surface area (Å²) in [5, 5.41) is 20.3. The van der Waals surface area contributed by atoms with Crippen LogP contribution in [0.25, 0.3) is 43.3 Å². The second kappa shape index (κ2) is 11.7. The molecule has 3 aromatic carbocycles. The van der Waals surface area contributed by atoms with Gasteiger partial charge in [-0.15, -0.1) is 0 Å². The van der Waals surface area contributed by atoms with Crippen molar-refractivity contribution in [2.75, 3.05) is 12.5 Å². The van der Waals surface area contributed by atoms with E-state index in [0.29, 0.717) is 16.7 Å². The van der Waals surface area contributed by atoms with E-state index in [1.54, 1.807) is 0 Å². The number of nitriles is 2. The third-order valence-electron chi connectivity index (χ3n) is 7.92. The summed E-state index contributed by atoms with van der Waals surface area (Å²) in [6.45, 7) is 15.6. The van der Waals surface area contributed by atoms with Crippen LogP contribution in [0.1, 0.15) is 33.4 Å². The molecule has 2 unspecified atom stereocenters. The van der Waals surface area contributed by atoms with Gasteiger partial charge in [0.25, 0.3) is 11.4 Å². The fourth-order valence-electron chi connectivity index (χ4n) is 6.41. The van der Waals surface area contributed by atoms with Gasteiger partial charge >= 0.3 is 0 Å². The third kappa shape index (κ3) is 5.25. The van der Waals surface area contributed by atoms with Crippen LogP contribution in [0.15, 0.2) is 34.1 Å². The minimum absolute atomic E-state index is 0.0481. The lowest BCUT2D eigenvalue weighted by molar-refractivity contribution is 0.532. The molecule has 0 saturated carbocycles. The molecule has 0 radical (unpaired) electrons. The number of sulfone groups is 2. The lowest BCUT2D eigenvalue weighted by Crippen LogP contribution is -2.25. The summed E-state index contributed by atoms with van der Waals surface area (Å²) in [5.74, 6) is -1.05. The molecule has 2 aliphatic rings. The molecule has 46 heavy (non-hydrogen) atoms. The Morgan fingerprint density at radius 2 is 1.28 bits per heavy atom. The minimum Gasteiger partial charge on any atom is -0.772 e. The van der Waals surface area contributed by atoms with Crippen LogP contribution in [0.2, 0.25) is 0 Å². The van der Waals surface area contributed by atoms with E-state index in [-0.39, 0.29) is 62.2 Å². The van der Waals surface area contributed by atoms with Gasteiger partial charge in [0.05, 0.1) is 35.1 Å². The van der Waals surface area contributed by atoms with Gasteiger partial charge in [-0.3, -0.25) is 8.42 Å². The summed E-state index contributed by atoms with van der Waals surface area (Å²) in [7, 11) is -8.25. The average Bonchev–Trinajstić information content (AvgIpc) is 3.53. The Morgan fingerprint density at radius 1 is 0.783 bits per heavy atom. The van der Waals surface area contributed by atoms with E-state index >= 15 is 0 Å². The normalized spacial score (nSPS) is 15.5. The number of benzene rings is 3. The smallest absolute Gasteiger partial charge is 0.270 e. The van der Waals surface area contributed by atoms with Gasteiger partial charge in [-0.05, 0) is 79.8 Å². The van der Waals surface area contributed by atoms with Crippen LogP contribution in [-0.4, -0.2) is 46.9 Å². The van der Waals surface area contributed by atoms with Crippen molar-refractivity contribution >= 4 is 53.2 Å². The molecular formula is C30H18N4O8S4-2. The first-order valence-electron chi connectivity index (χ1n) is 12.9. The highest BCUT2D eigenvalue weighted by Gasteiger charge is 2.36. The molecule has 0 fully saturated rings. The summed E-state index contributed by atoms with van der Waals surface area (Å²) in [4.78, 5) is 5.91. The van der Waals surface area contributed by atoms with E-state index in [9.17, 15) is 44.9 Å². The topological polar surface area (TPSA) is 205 Å². The van der Waals surface area contributed by atoms with Crippen molar-refractivity contribution < 1.29 is 34.4 Å². The highest BCUT2D eigenvalue weighted by Crippen LogP contribution is 2.45. The first kappa shape index (κ1) is 32.9. The van der Waals surface area contributed by atoms with Crippen LogP contribution in [-0.2, 0) is 66.2 Å². The largest absolute Gasteiger partial charge is 0.772 e. The molecule has 0 spiro atoms. The maximum absolute atomic E-state index is 13.1. The van der Waals surface area contributed by atoms with Crippen molar-refractivity contribution in [3.63, 3.8) is 0 Å². The maximum Gasteiger partial charge on any atom is 0.270 e. The van der Waals surface area contributed by atoms with E-state index in [1.807, 2.05) is 12.1 Å². The highest BCUT2D eigenvalue weighted by molar-refractivity contribution is 7.93. The molecule has 0 amide bonds. The van der Waals surface area contributed by atoms with E-state index in [2.05, 4.69) is 9.69 Å². The summed E-state index contributed by atoms with van der Waals surface area (Å²) < 4.78 is 98.6. The highest BCUT2D eigenvalue weighted by atomic mass is 32.2. The maximum atomic E-state index is 13.1. The molecule has 2 aliphatic carbocycles. The quantitative estimate of drug-likeness (QED) is 0.185. The van der Waals surface area contributed by atoms with Gasteiger partial charge in [0, 0.05) is 29.2 Å². The molecular weight excluding hydrogens is 673 g/mol. The van der Waals surface area contributed by atoms with E-state index in [4.69, 9.17) is 13.1 Å². The SMILES string of the molecule is [C-]#[N+]/C(C#N)=c1\c2c(/c(=C(/C#N)[N+]#[C-])c3c1Cc1c-3ccc(S(C)(=O)=O)c1S(C)(=O)=O)-c1ccc(CS(=O)[O-])c(CS(=O)[O-])c1C2. The van der Waals surface area contributed by atoms with Crippen LogP contribution in [0.4, 0.5) is 0 Å². The summed E-state index contributed by atoms with van der Waals surface area (Å²) in [6, 6.07) is 9.15. The molecule has 12 nitrogen and oxygen atoms in total. The molecule has 2 atom stereocenters. The molecule has 5 rings (SSSR count). The van der Waals surface area contributed by atoms with E-state index < -0.39 is 74.5 Å². The molecule has 16 heteroatoms. The van der Waals surface area contributed by atoms with Gasteiger partial charge in [0.1, 0.15) is 0 Å². The van der Waals surface area contributed by atoms with Crippen molar-refractivity contribution in [1.29, 1.82) is 10.5 Å². The van der Waals surface area contributed by atoms with Crippen LogP contribution >= 0.6 is 0 Å². The second-order valence-electron chi connectivity index (χ2n) is 10.5. The number of nitrogens with zero attached hydrogens (tertiary/aromatic N) is 4. The lowest BCUT2D eigenvalue weighted by atomic mass is 9.90. The molecule has 0 aromatic heterocycles. The van der Waals surface area contributed by atoms with Crippen molar-refractivity contribution in [3.8, 4) is 34.4 Å². The number of hydrogen-bond donors (Lipinski definition) is 0. The first-order chi connectivity index (χ1) is 21.6. The van der Waals surface area contributed by atoms with Gasteiger partial charge < -0.3 is 9.11 Å². The van der Waals surface area contributed by atoms with Gasteiger partial charge in [0.15, 0.2) is 19.7 Å². The minimum atomic E-state index is -4.19. The van der Waals surface area contributed by atoms with Crippen LogP contribution in [0.5, 0.6) is 0 Å². The van der Waals surface area contributed by atoms with Gasteiger partial charge in [-0.1, -0.05) is 40.4 Å². The molecule has 232 valence electrons. The van der Waals surface area contributed by atoms with Crippen LogP contribution in [0.3, 0.4) is 0 Å². The molecule has 0 aliphatic heterocycles. The second-order valence-corrected chi connectivity index (χ2v) is 16.3. The molecule has 0 bridgehead atoms. The Bertz CT molecular complexity index is 2500.